The molecule has 1 amide bonds. The molecule has 110 valence electrons. The van der Waals surface area contributed by atoms with Gasteiger partial charge in [-0.25, -0.2) is 4.39 Å². The van der Waals surface area contributed by atoms with E-state index in [9.17, 15) is 9.18 Å². The van der Waals surface area contributed by atoms with Crippen molar-refractivity contribution in [2.75, 3.05) is 13.1 Å². The van der Waals surface area contributed by atoms with Crippen molar-refractivity contribution in [2.24, 2.45) is 0 Å². The number of ether oxygens (including phenoxy) is 1. The second-order valence-electron chi connectivity index (χ2n) is 5.12. The monoisotopic (exact) mass is 280 g/mol. The van der Waals surface area contributed by atoms with E-state index in [4.69, 9.17) is 4.74 Å². The lowest BCUT2D eigenvalue weighted by atomic mass is 10.1. The number of fused-ring (bicyclic) bond motifs is 1. The van der Waals surface area contributed by atoms with Gasteiger partial charge < -0.3 is 15.4 Å². The summed E-state index contributed by atoms with van der Waals surface area (Å²) in [6.45, 7) is 5.10. The molecular weight excluding hydrogens is 259 g/mol. The first-order valence-corrected chi connectivity index (χ1v) is 7.06. The molecule has 0 saturated carbocycles. The van der Waals surface area contributed by atoms with Crippen LogP contribution in [0.15, 0.2) is 18.2 Å². The zero-order chi connectivity index (χ0) is 14.5. The molecular formula is C15H21FN2O2. The highest BCUT2D eigenvalue weighted by Crippen LogP contribution is 2.28. The summed E-state index contributed by atoms with van der Waals surface area (Å²) in [6, 6.07) is 4.30. The van der Waals surface area contributed by atoms with E-state index >= 15 is 0 Å². The summed E-state index contributed by atoms with van der Waals surface area (Å²) >= 11 is 0. The van der Waals surface area contributed by atoms with Gasteiger partial charge in [0.2, 0.25) is 5.91 Å². The number of hydrogen-bond donors (Lipinski definition) is 2. The maximum Gasteiger partial charge on any atom is 0.236 e. The molecule has 4 nitrogen and oxygen atoms in total. The maximum absolute atomic E-state index is 13.1. The van der Waals surface area contributed by atoms with E-state index in [2.05, 4.69) is 10.6 Å². The Balaban J connectivity index is 1.78. The Labute approximate surface area is 118 Å². The molecule has 0 bridgehead atoms. The summed E-state index contributed by atoms with van der Waals surface area (Å²) in [6.07, 6.45) is 1.54. The van der Waals surface area contributed by atoms with Gasteiger partial charge in [-0.05, 0) is 31.5 Å². The van der Waals surface area contributed by atoms with E-state index in [-0.39, 0.29) is 23.9 Å². The summed E-state index contributed by atoms with van der Waals surface area (Å²) < 4.78 is 18.8. The van der Waals surface area contributed by atoms with Crippen LogP contribution in [0.2, 0.25) is 0 Å². The van der Waals surface area contributed by atoms with Gasteiger partial charge in [-0.2, -0.15) is 0 Å². The fourth-order valence-corrected chi connectivity index (χ4v) is 2.21. The fourth-order valence-electron chi connectivity index (χ4n) is 2.21. The number of carbonyl (C=O) groups excluding carboxylic acids is 1. The first-order chi connectivity index (χ1) is 9.60. The minimum atomic E-state index is -0.259. The molecule has 2 N–H and O–H groups in total. The maximum atomic E-state index is 13.1. The van der Waals surface area contributed by atoms with Gasteiger partial charge in [0.05, 0.1) is 6.04 Å². The summed E-state index contributed by atoms with van der Waals surface area (Å²) in [5.74, 6) is 0.489. The van der Waals surface area contributed by atoms with E-state index in [1.165, 1.54) is 12.1 Å². The number of hydrogen-bond acceptors (Lipinski definition) is 3. The molecule has 1 heterocycles. The molecule has 0 spiro atoms. The van der Waals surface area contributed by atoms with Crippen LogP contribution < -0.4 is 15.4 Å². The van der Waals surface area contributed by atoms with Crippen LogP contribution in [0.4, 0.5) is 4.39 Å². The van der Waals surface area contributed by atoms with Crippen molar-refractivity contribution in [2.45, 2.75) is 38.8 Å². The van der Waals surface area contributed by atoms with Gasteiger partial charge in [-0.3, -0.25) is 4.79 Å². The zero-order valence-electron chi connectivity index (χ0n) is 11.9. The van der Waals surface area contributed by atoms with E-state index in [1.807, 2.05) is 13.8 Å². The number of amides is 1. The molecule has 0 fully saturated rings. The van der Waals surface area contributed by atoms with Crippen molar-refractivity contribution >= 4 is 5.91 Å². The van der Waals surface area contributed by atoms with Crippen LogP contribution in [0.5, 0.6) is 5.75 Å². The molecule has 1 aromatic rings. The van der Waals surface area contributed by atoms with E-state index in [1.54, 1.807) is 6.07 Å². The topological polar surface area (TPSA) is 50.4 Å². The van der Waals surface area contributed by atoms with Crippen molar-refractivity contribution in [3.05, 3.63) is 29.6 Å². The van der Waals surface area contributed by atoms with Crippen LogP contribution in [-0.4, -0.2) is 31.1 Å². The summed E-state index contributed by atoms with van der Waals surface area (Å²) in [4.78, 5) is 11.7. The Morgan fingerprint density at radius 2 is 2.35 bits per heavy atom. The second-order valence-corrected chi connectivity index (χ2v) is 5.12. The third kappa shape index (κ3) is 3.70. The van der Waals surface area contributed by atoms with Crippen LogP contribution in [0.25, 0.3) is 0 Å². The Bertz CT molecular complexity index is 479. The van der Waals surface area contributed by atoms with Crippen LogP contribution in [-0.2, 0) is 11.2 Å². The minimum absolute atomic E-state index is 0.00611. The summed E-state index contributed by atoms with van der Waals surface area (Å²) in [5.41, 5.74) is 0.889. The lowest BCUT2D eigenvalue weighted by molar-refractivity contribution is -0.122. The molecule has 1 aromatic carbocycles. The number of carbonyl (C=O) groups is 1. The molecule has 1 aliphatic rings. The van der Waals surface area contributed by atoms with Gasteiger partial charge in [-0.15, -0.1) is 0 Å². The normalized spacial score (nSPS) is 18.2. The van der Waals surface area contributed by atoms with Crippen LogP contribution >= 0.6 is 0 Å². The minimum Gasteiger partial charge on any atom is -0.488 e. The van der Waals surface area contributed by atoms with Gasteiger partial charge >= 0.3 is 0 Å². The Morgan fingerprint density at radius 3 is 3.10 bits per heavy atom. The van der Waals surface area contributed by atoms with Crippen molar-refractivity contribution in [1.29, 1.82) is 0 Å². The molecule has 20 heavy (non-hydrogen) atoms. The average molecular weight is 280 g/mol. The molecule has 2 atom stereocenters. The van der Waals surface area contributed by atoms with Crippen molar-refractivity contribution in [3.63, 3.8) is 0 Å². The standard InChI is InChI=1S/C15H21FN2O2/c1-3-6-17-15(19)10(2)18-9-13-8-11-7-12(16)4-5-14(11)20-13/h4-5,7,10,13,18H,3,6,8-9H2,1-2H3,(H,17,19). The number of nitrogens with one attached hydrogen (secondary N) is 2. The van der Waals surface area contributed by atoms with Crippen molar-refractivity contribution in [3.8, 4) is 5.75 Å². The summed E-state index contributed by atoms with van der Waals surface area (Å²) in [5, 5.41) is 5.99. The Kier molecular flexibility index (Phi) is 4.95. The van der Waals surface area contributed by atoms with Gasteiger partial charge in [0.1, 0.15) is 17.7 Å². The first kappa shape index (κ1) is 14.8. The second kappa shape index (κ2) is 6.70. The third-order valence-electron chi connectivity index (χ3n) is 3.36. The fraction of sp³-hybridized carbons (Fsp3) is 0.533. The Morgan fingerprint density at radius 1 is 1.55 bits per heavy atom. The van der Waals surface area contributed by atoms with Crippen molar-refractivity contribution < 1.29 is 13.9 Å². The number of benzene rings is 1. The molecule has 2 unspecified atom stereocenters. The molecule has 5 heteroatoms. The van der Waals surface area contributed by atoms with E-state index < -0.39 is 0 Å². The number of halogens is 1. The molecule has 0 radical (unpaired) electrons. The molecule has 2 rings (SSSR count). The predicted molar refractivity (Wildman–Crippen MR) is 75.3 cm³/mol. The average Bonchev–Trinajstić information content (AvgIpc) is 2.83. The zero-order valence-corrected chi connectivity index (χ0v) is 11.9. The Hall–Kier alpha value is -1.62. The van der Waals surface area contributed by atoms with Crippen LogP contribution in [0.3, 0.4) is 0 Å². The molecule has 0 aliphatic carbocycles. The molecule has 0 saturated heterocycles. The van der Waals surface area contributed by atoms with E-state index in [0.29, 0.717) is 19.5 Å². The van der Waals surface area contributed by atoms with Gasteiger partial charge in [-0.1, -0.05) is 6.92 Å². The van der Waals surface area contributed by atoms with Gasteiger partial charge in [0, 0.05) is 25.1 Å². The van der Waals surface area contributed by atoms with Gasteiger partial charge in [0.25, 0.3) is 0 Å². The van der Waals surface area contributed by atoms with E-state index in [0.717, 1.165) is 17.7 Å². The highest BCUT2D eigenvalue weighted by molar-refractivity contribution is 5.81. The largest absolute Gasteiger partial charge is 0.488 e. The first-order valence-electron chi connectivity index (χ1n) is 7.06. The van der Waals surface area contributed by atoms with Gasteiger partial charge in [0.15, 0.2) is 0 Å². The SMILES string of the molecule is CCCNC(=O)C(C)NCC1Cc2cc(F)ccc2O1. The van der Waals surface area contributed by atoms with Crippen LogP contribution in [0.1, 0.15) is 25.8 Å². The summed E-state index contributed by atoms with van der Waals surface area (Å²) in [7, 11) is 0. The highest BCUT2D eigenvalue weighted by atomic mass is 19.1. The smallest absolute Gasteiger partial charge is 0.236 e. The third-order valence-corrected chi connectivity index (χ3v) is 3.36. The number of rotatable bonds is 6. The highest BCUT2D eigenvalue weighted by Gasteiger charge is 2.24. The molecule has 1 aliphatic heterocycles. The van der Waals surface area contributed by atoms with Crippen molar-refractivity contribution in [1.82, 2.24) is 10.6 Å². The quantitative estimate of drug-likeness (QED) is 0.833. The molecule has 0 aromatic heterocycles. The predicted octanol–water partition coefficient (Wildman–Crippen LogP) is 1.63. The lowest BCUT2D eigenvalue weighted by Crippen LogP contribution is -2.45. The lowest BCUT2D eigenvalue weighted by Gasteiger charge is -2.17. The van der Waals surface area contributed by atoms with Crippen LogP contribution in [0, 0.1) is 5.82 Å².